The summed E-state index contributed by atoms with van der Waals surface area (Å²) in [4.78, 5) is 4.57. The molecule has 0 radical (unpaired) electrons. The van der Waals surface area contributed by atoms with E-state index in [4.69, 9.17) is 21.1 Å². The number of ether oxygens (including phenoxy) is 2. The van der Waals surface area contributed by atoms with Crippen molar-refractivity contribution in [2.75, 3.05) is 14.2 Å². The van der Waals surface area contributed by atoms with Crippen LogP contribution in [0.15, 0.2) is 47.5 Å². The first-order valence-corrected chi connectivity index (χ1v) is 7.50. The fourth-order valence-corrected chi connectivity index (χ4v) is 2.37. The Hall–Kier alpha value is -2.00. The molecular formula is C18H20ClNO2. The van der Waals surface area contributed by atoms with Crippen LogP contribution in [0.25, 0.3) is 0 Å². The number of hydrogen-bond acceptors (Lipinski definition) is 3. The summed E-state index contributed by atoms with van der Waals surface area (Å²) in [5.74, 6) is 1.47. The van der Waals surface area contributed by atoms with Crippen LogP contribution in [-0.2, 0) is 6.42 Å². The van der Waals surface area contributed by atoms with Crippen molar-refractivity contribution < 1.29 is 9.47 Å². The minimum absolute atomic E-state index is 0.148. The van der Waals surface area contributed by atoms with Crippen LogP contribution >= 0.6 is 11.6 Å². The van der Waals surface area contributed by atoms with Gasteiger partial charge in [0.1, 0.15) is 0 Å². The third kappa shape index (κ3) is 4.25. The van der Waals surface area contributed by atoms with Gasteiger partial charge in [0.15, 0.2) is 11.5 Å². The molecular weight excluding hydrogens is 298 g/mol. The molecule has 116 valence electrons. The number of hydrogen-bond donors (Lipinski definition) is 0. The molecule has 0 aromatic heterocycles. The summed E-state index contributed by atoms with van der Waals surface area (Å²) in [6.45, 7) is 2.07. The second-order valence-corrected chi connectivity index (χ2v) is 5.45. The number of aliphatic imine (C=N–C) groups is 1. The summed E-state index contributed by atoms with van der Waals surface area (Å²) >= 11 is 6.12. The highest BCUT2D eigenvalue weighted by atomic mass is 35.5. The van der Waals surface area contributed by atoms with E-state index in [1.54, 1.807) is 14.2 Å². The van der Waals surface area contributed by atoms with Crippen LogP contribution < -0.4 is 9.47 Å². The van der Waals surface area contributed by atoms with E-state index < -0.39 is 0 Å². The van der Waals surface area contributed by atoms with Crippen LogP contribution in [0.1, 0.15) is 18.1 Å². The molecule has 0 saturated carbocycles. The maximum absolute atomic E-state index is 6.12. The highest BCUT2D eigenvalue weighted by molar-refractivity contribution is 6.33. The Morgan fingerprint density at radius 1 is 1.09 bits per heavy atom. The minimum Gasteiger partial charge on any atom is -0.493 e. The topological polar surface area (TPSA) is 30.8 Å². The van der Waals surface area contributed by atoms with Crippen LogP contribution in [0.4, 0.5) is 0 Å². The monoisotopic (exact) mass is 317 g/mol. The van der Waals surface area contributed by atoms with Gasteiger partial charge in [-0.05, 0) is 37.1 Å². The predicted octanol–water partition coefficient (Wildman–Crippen LogP) is 4.41. The van der Waals surface area contributed by atoms with Crippen molar-refractivity contribution >= 4 is 17.8 Å². The number of nitrogens with zero attached hydrogens (tertiary/aromatic N) is 1. The van der Waals surface area contributed by atoms with Gasteiger partial charge in [0.2, 0.25) is 0 Å². The van der Waals surface area contributed by atoms with E-state index in [1.807, 2.05) is 48.7 Å². The molecule has 1 atom stereocenters. The third-order valence-corrected chi connectivity index (χ3v) is 3.70. The first kappa shape index (κ1) is 16.4. The van der Waals surface area contributed by atoms with Gasteiger partial charge in [-0.1, -0.05) is 35.9 Å². The Kier molecular flexibility index (Phi) is 5.84. The van der Waals surface area contributed by atoms with E-state index in [-0.39, 0.29) is 6.04 Å². The molecule has 2 rings (SSSR count). The highest BCUT2D eigenvalue weighted by Gasteiger charge is 2.07. The zero-order valence-corrected chi connectivity index (χ0v) is 13.8. The molecule has 22 heavy (non-hydrogen) atoms. The Morgan fingerprint density at radius 2 is 1.82 bits per heavy atom. The van der Waals surface area contributed by atoms with Gasteiger partial charge in [-0.3, -0.25) is 4.99 Å². The number of benzene rings is 2. The Bertz CT molecular complexity index is 655. The molecule has 0 unspecified atom stereocenters. The van der Waals surface area contributed by atoms with Crippen molar-refractivity contribution in [1.29, 1.82) is 0 Å². The standard InChI is InChI=1S/C18H20ClNO2/c1-13(20-12-15-6-4-5-7-16(15)19)10-14-8-9-17(21-2)18(11-14)22-3/h4-9,11-13H,10H2,1-3H3/t13-/m0/s1. The Morgan fingerprint density at radius 3 is 2.50 bits per heavy atom. The van der Waals surface area contributed by atoms with E-state index >= 15 is 0 Å². The van der Waals surface area contributed by atoms with Crippen molar-refractivity contribution in [3.05, 3.63) is 58.6 Å². The predicted molar refractivity (Wildman–Crippen MR) is 91.8 cm³/mol. The lowest BCUT2D eigenvalue weighted by Crippen LogP contribution is -2.04. The number of methoxy groups -OCH3 is 2. The van der Waals surface area contributed by atoms with Gasteiger partial charge >= 0.3 is 0 Å². The summed E-state index contributed by atoms with van der Waals surface area (Å²) in [5.41, 5.74) is 2.09. The zero-order chi connectivity index (χ0) is 15.9. The average molecular weight is 318 g/mol. The SMILES string of the molecule is COc1ccc(C[C@H](C)N=Cc2ccccc2Cl)cc1OC. The lowest BCUT2D eigenvalue weighted by atomic mass is 10.1. The zero-order valence-electron chi connectivity index (χ0n) is 13.0. The van der Waals surface area contributed by atoms with Crippen molar-refractivity contribution in [2.45, 2.75) is 19.4 Å². The van der Waals surface area contributed by atoms with Gasteiger partial charge < -0.3 is 9.47 Å². The van der Waals surface area contributed by atoms with E-state index in [1.165, 1.54) is 0 Å². The van der Waals surface area contributed by atoms with Crippen LogP contribution in [0.5, 0.6) is 11.5 Å². The molecule has 0 heterocycles. The normalized spacial score (nSPS) is 12.4. The molecule has 0 aliphatic rings. The van der Waals surface area contributed by atoms with Crippen LogP contribution in [0.3, 0.4) is 0 Å². The van der Waals surface area contributed by atoms with Crippen molar-refractivity contribution in [3.63, 3.8) is 0 Å². The molecule has 3 nitrogen and oxygen atoms in total. The molecule has 0 aliphatic heterocycles. The van der Waals surface area contributed by atoms with Crippen LogP contribution in [-0.4, -0.2) is 26.5 Å². The molecule has 0 bridgehead atoms. The molecule has 0 amide bonds. The second kappa shape index (κ2) is 7.85. The average Bonchev–Trinajstić information content (AvgIpc) is 2.54. The van der Waals surface area contributed by atoms with E-state index in [2.05, 4.69) is 11.9 Å². The highest BCUT2D eigenvalue weighted by Crippen LogP contribution is 2.28. The third-order valence-electron chi connectivity index (χ3n) is 3.35. The van der Waals surface area contributed by atoms with Crippen molar-refractivity contribution in [2.24, 2.45) is 4.99 Å². The van der Waals surface area contributed by atoms with Gasteiger partial charge in [0.05, 0.1) is 20.3 Å². The van der Waals surface area contributed by atoms with E-state index in [9.17, 15) is 0 Å². The molecule has 4 heteroatoms. The van der Waals surface area contributed by atoms with Gasteiger partial charge in [-0.15, -0.1) is 0 Å². The maximum Gasteiger partial charge on any atom is 0.160 e. The Labute approximate surface area is 136 Å². The van der Waals surface area contributed by atoms with E-state index in [0.29, 0.717) is 5.02 Å². The number of halogens is 1. The minimum atomic E-state index is 0.148. The quantitative estimate of drug-likeness (QED) is 0.739. The van der Waals surface area contributed by atoms with E-state index in [0.717, 1.165) is 29.0 Å². The first-order valence-electron chi connectivity index (χ1n) is 7.12. The smallest absolute Gasteiger partial charge is 0.160 e. The van der Waals surface area contributed by atoms with Crippen LogP contribution in [0.2, 0.25) is 5.02 Å². The molecule has 0 saturated heterocycles. The number of rotatable bonds is 6. The summed E-state index contributed by atoms with van der Waals surface area (Å²) in [5, 5.41) is 0.713. The summed E-state index contributed by atoms with van der Waals surface area (Å²) < 4.78 is 10.6. The summed E-state index contributed by atoms with van der Waals surface area (Å²) in [7, 11) is 3.27. The molecule has 0 spiro atoms. The summed E-state index contributed by atoms with van der Waals surface area (Å²) in [6, 6.07) is 13.8. The largest absolute Gasteiger partial charge is 0.493 e. The molecule has 0 fully saturated rings. The van der Waals surface area contributed by atoms with Gasteiger partial charge in [-0.25, -0.2) is 0 Å². The Balaban J connectivity index is 2.06. The fraction of sp³-hybridized carbons (Fsp3) is 0.278. The second-order valence-electron chi connectivity index (χ2n) is 5.04. The van der Waals surface area contributed by atoms with Gasteiger partial charge in [-0.2, -0.15) is 0 Å². The molecule has 0 N–H and O–H groups in total. The fourth-order valence-electron chi connectivity index (χ4n) is 2.19. The maximum atomic E-state index is 6.12. The molecule has 2 aromatic rings. The van der Waals surface area contributed by atoms with Gasteiger partial charge in [0, 0.05) is 16.8 Å². The van der Waals surface area contributed by atoms with Gasteiger partial charge in [0.25, 0.3) is 0 Å². The van der Waals surface area contributed by atoms with Crippen molar-refractivity contribution in [3.8, 4) is 11.5 Å². The summed E-state index contributed by atoms with van der Waals surface area (Å²) in [6.07, 6.45) is 2.65. The lowest BCUT2D eigenvalue weighted by molar-refractivity contribution is 0.354. The first-order chi connectivity index (χ1) is 10.6. The van der Waals surface area contributed by atoms with Crippen LogP contribution in [0, 0.1) is 0 Å². The lowest BCUT2D eigenvalue weighted by Gasteiger charge is -2.11. The van der Waals surface area contributed by atoms with Crippen molar-refractivity contribution in [1.82, 2.24) is 0 Å². The molecule has 2 aromatic carbocycles. The molecule has 0 aliphatic carbocycles.